The summed E-state index contributed by atoms with van der Waals surface area (Å²) in [7, 11) is 3.12. The lowest BCUT2D eigenvalue weighted by Gasteiger charge is -2.10. The highest BCUT2D eigenvalue weighted by molar-refractivity contribution is 7.20. The summed E-state index contributed by atoms with van der Waals surface area (Å²) in [4.78, 5) is 16.7. The van der Waals surface area contributed by atoms with Gasteiger partial charge in [-0.3, -0.25) is 4.79 Å². The molecule has 112 valence electrons. The van der Waals surface area contributed by atoms with Crippen molar-refractivity contribution in [2.75, 3.05) is 19.5 Å². The van der Waals surface area contributed by atoms with Crippen LogP contribution in [0.25, 0.3) is 10.2 Å². The predicted octanol–water partition coefficient (Wildman–Crippen LogP) is 3.57. The predicted molar refractivity (Wildman–Crippen MR) is 87.1 cm³/mol. The number of para-hydroxylation sites is 1. The molecule has 5 nitrogen and oxygen atoms in total. The smallest absolute Gasteiger partial charge is 0.284 e. The molecule has 1 aromatic heterocycles. The average molecular weight is 314 g/mol. The summed E-state index contributed by atoms with van der Waals surface area (Å²) in [5.41, 5.74) is 1.40. The summed E-state index contributed by atoms with van der Waals surface area (Å²) >= 11 is 1.36. The van der Waals surface area contributed by atoms with Gasteiger partial charge in [0.15, 0.2) is 5.01 Å². The van der Waals surface area contributed by atoms with Crippen molar-refractivity contribution in [1.82, 2.24) is 4.98 Å². The summed E-state index contributed by atoms with van der Waals surface area (Å²) in [6.45, 7) is 0. The molecule has 3 rings (SSSR count). The Balaban J connectivity index is 1.87. The Morgan fingerprint density at radius 3 is 2.68 bits per heavy atom. The fourth-order valence-corrected chi connectivity index (χ4v) is 2.91. The molecule has 3 aromatic rings. The standard InChI is InChI=1S/C16H14N2O3S/c1-20-10-7-8-11(13(9-10)21-2)17-15(19)16-18-12-5-3-4-6-14(12)22-16/h3-9H,1-2H3,(H,17,19). The number of fused-ring (bicyclic) bond motifs is 1. The van der Waals surface area contributed by atoms with Crippen LogP contribution in [0.1, 0.15) is 9.80 Å². The number of carbonyl (C=O) groups excluding carboxylic acids is 1. The summed E-state index contributed by atoms with van der Waals surface area (Å²) < 4.78 is 11.4. The van der Waals surface area contributed by atoms with Gasteiger partial charge in [-0.25, -0.2) is 4.98 Å². The van der Waals surface area contributed by atoms with E-state index in [1.807, 2.05) is 24.3 Å². The van der Waals surface area contributed by atoms with Crippen LogP contribution in [0.4, 0.5) is 5.69 Å². The number of methoxy groups -OCH3 is 2. The first-order chi connectivity index (χ1) is 10.7. The van der Waals surface area contributed by atoms with Gasteiger partial charge in [0.2, 0.25) is 0 Å². The third kappa shape index (κ3) is 2.73. The summed E-state index contributed by atoms with van der Waals surface area (Å²) in [5, 5.41) is 3.23. The number of amides is 1. The van der Waals surface area contributed by atoms with E-state index in [2.05, 4.69) is 10.3 Å². The number of aromatic nitrogens is 1. The quantitative estimate of drug-likeness (QED) is 0.800. The van der Waals surface area contributed by atoms with E-state index in [1.54, 1.807) is 32.4 Å². The average Bonchev–Trinajstić information content (AvgIpc) is 2.99. The summed E-state index contributed by atoms with van der Waals surface area (Å²) in [5.74, 6) is 0.938. The van der Waals surface area contributed by atoms with E-state index in [0.29, 0.717) is 22.2 Å². The van der Waals surface area contributed by atoms with Gasteiger partial charge in [-0.15, -0.1) is 11.3 Å². The largest absolute Gasteiger partial charge is 0.497 e. The van der Waals surface area contributed by atoms with Gasteiger partial charge in [0, 0.05) is 6.07 Å². The van der Waals surface area contributed by atoms with Crippen molar-refractivity contribution in [2.45, 2.75) is 0 Å². The number of nitrogens with one attached hydrogen (secondary N) is 1. The zero-order valence-corrected chi connectivity index (χ0v) is 12.9. The zero-order valence-electron chi connectivity index (χ0n) is 12.1. The fourth-order valence-electron chi connectivity index (χ4n) is 2.05. The molecular formula is C16H14N2O3S. The maximum atomic E-state index is 12.4. The van der Waals surface area contributed by atoms with Crippen molar-refractivity contribution >= 4 is 33.1 Å². The fraction of sp³-hybridized carbons (Fsp3) is 0.125. The first kappa shape index (κ1) is 14.3. The maximum absolute atomic E-state index is 12.4. The normalized spacial score (nSPS) is 10.5. The lowest BCUT2D eigenvalue weighted by Crippen LogP contribution is -2.12. The molecule has 6 heteroatoms. The first-order valence-corrected chi connectivity index (χ1v) is 7.42. The second-order valence-electron chi connectivity index (χ2n) is 4.51. The van der Waals surface area contributed by atoms with Crippen LogP contribution in [-0.2, 0) is 0 Å². The Kier molecular flexibility index (Phi) is 3.93. The van der Waals surface area contributed by atoms with E-state index >= 15 is 0 Å². The molecule has 0 saturated heterocycles. The lowest BCUT2D eigenvalue weighted by molar-refractivity contribution is 0.102. The molecule has 22 heavy (non-hydrogen) atoms. The maximum Gasteiger partial charge on any atom is 0.284 e. The highest BCUT2D eigenvalue weighted by Crippen LogP contribution is 2.30. The van der Waals surface area contributed by atoms with Gasteiger partial charge < -0.3 is 14.8 Å². The van der Waals surface area contributed by atoms with Gasteiger partial charge in [0.25, 0.3) is 5.91 Å². The van der Waals surface area contributed by atoms with Gasteiger partial charge in [-0.1, -0.05) is 12.1 Å². The van der Waals surface area contributed by atoms with Crippen molar-refractivity contribution in [3.63, 3.8) is 0 Å². The minimum atomic E-state index is -0.260. The zero-order chi connectivity index (χ0) is 15.5. The summed E-state index contributed by atoms with van der Waals surface area (Å²) in [6, 6.07) is 12.9. The first-order valence-electron chi connectivity index (χ1n) is 6.60. The topological polar surface area (TPSA) is 60.5 Å². The second-order valence-corrected chi connectivity index (χ2v) is 5.54. The van der Waals surface area contributed by atoms with Crippen molar-refractivity contribution < 1.29 is 14.3 Å². The van der Waals surface area contributed by atoms with Gasteiger partial charge in [0.1, 0.15) is 11.5 Å². The molecule has 1 N–H and O–H groups in total. The van der Waals surface area contributed by atoms with Crippen LogP contribution in [0.3, 0.4) is 0 Å². The highest BCUT2D eigenvalue weighted by atomic mass is 32.1. The molecule has 0 bridgehead atoms. The van der Waals surface area contributed by atoms with Crippen molar-refractivity contribution in [2.24, 2.45) is 0 Å². The molecule has 0 fully saturated rings. The Morgan fingerprint density at radius 2 is 1.95 bits per heavy atom. The Hall–Kier alpha value is -2.60. The molecule has 0 radical (unpaired) electrons. The summed E-state index contributed by atoms with van der Waals surface area (Å²) in [6.07, 6.45) is 0. The molecule has 0 aliphatic carbocycles. The van der Waals surface area contributed by atoms with Gasteiger partial charge >= 0.3 is 0 Å². The SMILES string of the molecule is COc1ccc(NC(=O)c2nc3ccccc3s2)c(OC)c1. The molecule has 0 aliphatic heterocycles. The number of thiazole rings is 1. The monoisotopic (exact) mass is 314 g/mol. The lowest BCUT2D eigenvalue weighted by atomic mass is 10.2. The van der Waals surface area contributed by atoms with Crippen LogP contribution < -0.4 is 14.8 Å². The van der Waals surface area contributed by atoms with E-state index in [0.717, 1.165) is 10.2 Å². The number of rotatable bonds is 4. The van der Waals surface area contributed by atoms with Crippen LogP contribution in [0.15, 0.2) is 42.5 Å². The number of benzene rings is 2. The molecule has 0 unspecified atom stereocenters. The molecule has 1 heterocycles. The molecule has 0 atom stereocenters. The van der Waals surface area contributed by atoms with Crippen LogP contribution in [0.2, 0.25) is 0 Å². The Morgan fingerprint density at radius 1 is 1.14 bits per heavy atom. The molecule has 2 aromatic carbocycles. The van der Waals surface area contributed by atoms with E-state index in [-0.39, 0.29) is 5.91 Å². The van der Waals surface area contributed by atoms with Crippen LogP contribution >= 0.6 is 11.3 Å². The number of ether oxygens (including phenoxy) is 2. The van der Waals surface area contributed by atoms with Crippen molar-refractivity contribution in [3.05, 3.63) is 47.5 Å². The number of carbonyl (C=O) groups is 1. The van der Waals surface area contributed by atoms with Crippen LogP contribution in [0, 0.1) is 0 Å². The Labute approximate surface area is 131 Å². The number of hydrogen-bond acceptors (Lipinski definition) is 5. The minimum absolute atomic E-state index is 0.260. The van der Waals surface area contributed by atoms with Gasteiger partial charge in [-0.05, 0) is 24.3 Å². The highest BCUT2D eigenvalue weighted by Gasteiger charge is 2.14. The van der Waals surface area contributed by atoms with E-state index in [4.69, 9.17) is 9.47 Å². The molecule has 0 saturated carbocycles. The third-order valence-corrected chi connectivity index (χ3v) is 4.18. The molecular weight excluding hydrogens is 300 g/mol. The third-order valence-electron chi connectivity index (χ3n) is 3.15. The number of anilines is 1. The second kappa shape index (κ2) is 6.03. The van der Waals surface area contributed by atoms with E-state index in [1.165, 1.54) is 11.3 Å². The van der Waals surface area contributed by atoms with Crippen LogP contribution in [0.5, 0.6) is 11.5 Å². The number of hydrogen-bond donors (Lipinski definition) is 1. The Bertz CT molecular complexity index is 796. The van der Waals surface area contributed by atoms with Crippen molar-refractivity contribution in [3.8, 4) is 11.5 Å². The van der Waals surface area contributed by atoms with Gasteiger partial charge in [-0.2, -0.15) is 0 Å². The minimum Gasteiger partial charge on any atom is -0.497 e. The molecule has 0 aliphatic rings. The number of nitrogens with zero attached hydrogens (tertiary/aromatic N) is 1. The van der Waals surface area contributed by atoms with Crippen molar-refractivity contribution in [1.29, 1.82) is 0 Å². The van der Waals surface area contributed by atoms with Gasteiger partial charge in [0.05, 0.1) is 30.1 Å². The molecule has 0 spiro atoms. The van der Waals surface area contributed by atoms with E-state index in [9.17, 15) is 4.79 Å². The van der Waals surface area contributed by atoms with E-state index < -0.39 is 0 Å². The molecule has 1 amide bonds. The van der Waals surface area contributed by atoms with Crippen LogP contribution in [-0.4, -0.2) is 25.1 Å².